The Kier molecular flexibility index (Phi) is 5.63. The Hall–Kier alpha value is -0.740. The molecule has 1 N–H and O–H groups in total. The van der Waals surface area contributed by atoms with Crippen LogP contribution in [-0.4, -0.2) is 18.9 Å². The SMILES string of the molecule is CCNCCC(=O)Cc1ccc(Br)cc1F. The van der Waals surface area contributed by atoms with E-state index in [1.807, 2.05) is 6.92 Å². The molecule has 1 aromatic rings. The lowest BCUT2D eigenvalue weighted by Crippen LogP contribution is -2.18. The van der Waals surface area contributed by atoms with Crippen molar-refractivity contribution in [2.75, 3.05) is 13.1 Å². The van der Waals surface area contributed by atoms with Gasteiger partial charge in [-0.05, 0) is 24.2 Å². The largest absolute Gasteiger partial charge is 0.317 e. The maximum absolute atomic E-state index is 13.4. The van der Waals surface area contributed by atoms with E-state index in [4.69, 9.17) is 0 Å². The van der Waals surface area contributed by atoms with E-state index in [2.05, 4.69) is 21.2 Å². The Morgan fingerprint density at radius 3 is 2.88 bits per heavy atom. The average Bonchev–Trinajstić information content (AvgIpc) is 2.23. The fraction of sp³-hybridized carbons (Fsp3) is 0.417. The number of rotatable bonds is 6. The third-order valence-corrected chi connectivity index (χ3v) is 2.73. The minimum atomic E-state index is -0.328. The van der Waals surface area contributed by atoms with Crippen LogP contribution < -0.4 is 5.32 Å². The highest BCUT2D eigenvalue weighted by atomic mass is 79.9. The molecule has 0 radical (unpaired) electrons. The predicted molar refractivity (Wildman–Crippen MR) is 66.0 cm³/mol. The molecule has 16 heavy (non-hydrogen) atoms. The van der Waals surface area contributed by atoms with Crippen LogP contribution in [0.25, 0.3) is 0 Å². The van der Waals surface area contributed by atoms with E-state index in [0.29, 0.717) is 23.0 Å². The smallest absolute Gasteiger partial charge is 0.138 e. The Balaban J connectivity index is 2.49. The van der Waals surface area contributed by atoms with Crippen LogP contribution in [0.1, 0.15) is 18.9 Å². The summed E-state index contributed by atoms with van der Waals surface area (Å²) in [4.78, 5) is 11.5. The molecule has 0 aliphatic carbocycles. The molecule has 0 aliphatic heterocycles. The minimum absolute atomic E-state index is 0.0576. The van der Waals surface area contributed by atoms with Crippen molar-refractivity contribution in [1.82, 2.24) is 5.32 Å². The standard InChI is InChI=1S/C12H15BrFNO/c1-2-15-6-5-11(16)7-9-3-4-10(13)8-12(9)14/h3-4,8,15H,2,5-7H2,1H3. The van der Waals surface area contributed by atoms with Crippen LogP contribution in [0.5, 0.6) is 0 Å². The van der Waals surface area contributed by atoms with Gasteiger partial charge in [-0.25, -0.2) is 4.39 Å². The molecule has 2 nitrogen and oxygen atoms in total. The highest BCUT2D eigenvalue weighted by molar-refractivity contribution is 9.10. The van der Waals surface area contributed by atoms with Crippen LogP contribution in [0.15, 0.2) is 22.7 Å². The van der Waals surface area contributed by atoms with Gasteiger partial charge in [0, 0.05) is 23.9 Å². The van der Waals surface area contributed by atoms with Crippen molar-refractivity contribution in [1.29, 1.82) is 0 Å². The molecule has 88 valence electrons. The van der Waals surface area contributed by atoms with Crippen LogP contribution in [0.4, 0.5) is 4.39 Å². The third-order valence-electron chi connectivity index (χ3n) is 2.23. The number of Topliss-reactive ketones (excluding diaryl/α,β-unsaturated/α-hetero) is 1. The molecule has 0 saturated heterocycles. The van der Waals surface area contributed by atoms with Crippen molar-refractivity contribution >= 4 is 21.7 Å². The second-order valence-corrected chi connectivity index (χ2v) is 4.47. The molecule has 1 aromatic carbocycles. The summed E-state index contributed by atoms with van der Waals surface area (Å²) >= 11 is 3.18. The zero-order valence-corrected chi connectivity index (χ0v) is 10.8. The summed E-state index contributed by atoms with van der Waals surface area (Å²) in [7, 11) is 0. The van der Waals surface area contributed by atoms with Crippen molar-refractivity contribution in [2.45, 2.75) is 19.8 Å². The highest BCUT2D eigenvalue weighted by Crippen LogP contribution is 2.16. The lowest BCUT2D eigenvalue weighted by atomic mass is 10.1. The Morgan fingerprint density at radius 2 is 2.25 bits per heavy atom. The minimum Gasteiger partial charge on any atom is -0.317 e. The summed E-state index contributed by atoms with van der Waals surface area (Å²) < 4.78 is 14.1. The quantitative estimate of drug-likeness (QED) is 0.815. The van der Waals surface area contributed by atoms with Crippen molar-refractivity contribution in [3.8, 4) is 0 Å². The molecule has 0 atom stereocenters. The number of ketones is 1. The molecule has 0 heterocycles. The van der Waals surface area contributed by atoms with Gasteiger partial charge in [0.15, 0.2) is 0 Å². The first-order valence-electron chi connectivity index (χ1n) is 5.29. The van der Waals surface area contributed by atoms with Crippen molar-refractivity contribution in [2.24, 2.45) is 0 Å². The Bertz CT molecular complexity index is 368. The number of hydrogen-bond donors (Lipinski definition) is 1. The lowest BCUT2D eigenvalue weighted by Gasteiger charge is -2.04. The van der Waals surface area contributed by atoms with Crippen molar-refractivity contribution in [3.05, 3.63) is 34.1 Å². The molecule has 0 bridgehead atoms. The zero-order chi connectivity index (χ0) is 12.0. The molecule has 0 aromatic heterocycles. The molecule has 1 rings (SSSR count). The van der Waals surface area contributed by atoms with Crippen LogP contribution in [-0.2, 0) is 11.2 Å². The zero-order valence-electron chi connectivity index (χ0n) is 9.22. The first-order valence-corrected chi connectivity index (χ1v) is 6.09. The second-order valence-electron chi connectivity index (χ2n) is 3.55. The van der Waals surface area contributed by atoms with Crippen LogP contribution in [0.2, 0.25) is 0 Å². The predicted octanol–water partition coefficient (Wildman–Crippen LogP) is 2.70. The molecule has 0 unspecified atom stereocenters. The number of halogens is 2. The fourth-order valence-corrected chi connectivity index (χ4v) is 1.70. The van der Waals surface area contributed by atoms with Gasteiger partial charge >= 0.3 is 0 Å². The number of nitrogens with one attached hydrogen (secondary N) is 1. The molecule has 0 spiro atoms. The van der Waals surface area contributed by atoms with E-state index in [9.17, 15) is 9.18 Å². The summed E-state index contributed by atoms with van der Waals surface area (Å²) in [5.41, 5.74) is 0.463. The number of benzene rings is 1. The monoisotopic (exact) mass is 287 g/mol. The van der Waals surface area contributed by atoms with Gasteiger partial charge in [-0.2, -0.15) is 0 Å². The van der Waals surface area contributed by atoms with Crippen LogP contribution >= 0.6 is 15.9 Å². The van der Waals surface area contributed by atoms with E-state index >= 15 is 0 Å². The molecule has 0 aliphatic rings. The summed E-state index contributed by atoms with van der Waals surface area (Å²) in [6.07, 6.45) is 0.619. The average molecular weight is 288 g/mol. The maximum Gasteiger partial charge on any atom is 0.138 e. The van der Waals surface area contributed by atoms with Gasteiger partial charge in [0.25, 0.3) is 0 Å². The van der Waals surface area contributed by atoms with E-state index < -0.39 is 0 Å². The second kappa shape index (κ2) is 6.76. The van der Waals surface area contributed by atoms with Gasteiger partial charge in [-0.3, -0.25) is 4.79 Å². The van der Waals surface area contributed by atoms with Crippen molar-refractivity contribution in [3.63, 3.8) is 0 Å². The molecule has 0 fully saturated rings. The lowest BCUT2D eigenvalue weighted by molar-refractivity contribution is -0.118. The summed E-state index contributed by atoms with van der Waals surface area (Å²) in [5, 5.41) is 3.07. The normalized spacial score (nSPS) is 10.4. The van der Waals surface area contributed by atoms with Crippen molar-refractivity contribution < 1.29 is 9.18 Å². The van der Waals surface area contributed by atoms with Gasteiger partial charge in [0.2, 0.25) is 0 Å². The molecular formula is C12H15BrFNO. The highest BCUT2D eigenvalue weighted by Gasteiger charge is 2.08. The van der Waals surface area contributed by atoms with Gasteiger partial charge in [-0.1, -0.05) is 28.9 Å². The van der Waals surface area contributed by atoms with Gasteiger partial charge in [0.05, 0.1) is 0 Å². The number of carbonyl (C=O) groups excluding carboxylic acids is 1. The van der Waals surface area contributed by atoms with E-state index in [-0.39, 0.29) is 18.0 Å². The first kappa shape index (κ1) is 13.3. The summed E-state index contributed by atoms with van der Waals surface area (Å²) in [6, 6.07) is 4.77. The Labute approximate surface area is 103 Å². The molecule has 0 saturated carbocycles. The fourth-order valence-electron chi connectivity index (χ4n) is 1.37. The topological polar surface area (TPSA) is 29.1 Å². The van der Waals surface area contributed by atoms with Crippen LogP contribution in [0.3, 0.4) is 0 Å². The molecule has 0 amide bonds. The Morgan fingerprint density at radius 1 is 1.50 bits per heavy atom. The summed E-state index contributed by atoms with van der Waals surface area (Å²) in [6.45, 7) is 3.49. The molecular weight excluding hydrogens is 273 g/mol. The van der Waals surface area contributed by atoms with Gasteiger partial charge < -0.3 is 5.32 Å². The number of hydrogen-bond acceptors (Lipinski definition) is 2. The third kappa shape index (κ3) is 4.41. The first-order chi connectivity index (χ1) is 7.63. The van der Waals surface area contributed by atoms with E-state index in [1.54, 1.807) is 12.1 Å². The van der Waals surface area contributed by atoms with Crippen LogP contribution in [0, 0.1) is 5.82 Å². The van der Waals surface area contributed by atoms with Gasteiger partial charge in [0.1, 0.15) is 11.6 Å². The number of carbonyl (C=O) groups is 1. The summed E-state index contributed by atoms with van der Waals surface area (Å²) in [5.74, 6) is -0.270. The van der Waals surface area contributed by atoms with E-state index in [0.717, 1.165) is 6.54 Å². The van der Waals surface area contributed by atoms with Gasteiger partial charge in [-0.15, -0.1) is 0 Å². The van der Waals surface area contributed by atoms with E-state index in [1.165, 1.54) is 6.07 Å². The molecule has 4 heteroatoms. The maximum atomic E-state index is 13.4.